The van der Waals surface area contributed by atoms with Crippen LogP contribution in [0.3, 0.4) is 0 Å². The van der Waals surface area contributed by atoms with E-state index < -0.39 is 6.43 Å². The number of nitrogens with zero attached hydrogens (tertiary/aromatic N) is 3. The monoisotopic (exact) mass is 371 g/mol. The van der Waals surface area contributed by atoms with Crippen LogP contribution in [0.4, 0.5) is 14.6 Å². The van der Waals surface area contributed by atoms with Crippen LogP contribution < -0.4 is 4.90 Å². The average molecular weight is 371 g/mol. The highest BCUT2D eigenvalue weighted by Gasteiger charge is 2.26. The molecule has 0 aliphatic carbocycles. The lowest BCUT2D eigenvalue weighted by molar-refractivity contribution is -0.148. The van der Waals surface area contributed by atoms with Crippen LogP contribution in [0.2, 0.25) is 0 Å². The molecule has 148 valence electrons. The second-order valence-corrected chi connectivity index (χ2v) is 6.06. The Bertz CT molecular complexity index is 548. The first-order valence-electron chi connectivity index (χ1n) is 9.53. The fraction of sp³-hybridized carbons (Fsp3) is 0.737. The largest absolute Gasteiger partial charge is 0.466 e. The predicted octanol–water partition coefficient (Wildman–Crippen LogP) is 4.18. The van der Waals surface area contributed by atoms with Crippen LogP contribution >= 0.6 is 0 Å². The van der Waals surface area contributed by atoms with Crippen LogP contribution in [-0.4, -0.2) is 42.1 Å². The van der Waals surface area contributed by atoms with Gasteiger partial charge in [-0.2, -0.15) is 0 Å². The maximum absolute atomic E-state index is 12.3. The zero-order valence-electron chi connectivity index (χ0n) is 16.3. The van der Waals surface area contributed by atoms with E-state index in [1.54, 1.807) is 6.20 Å². The molecule has 0 spiro atoms. The quantitative estimate of drug-likeness (QED) is 0.673. The zero-order valence-corrected chi connectivity index (χ0v) is 16.3. The third kappa shape index (κ3) is 6.84. The Morgan fingerprint density at radius 1 is 1.35 bits per heavy atom. The Kier molecular flexibility index (Phi) is 10.1. The number of carbonyl (C=O) groups is 1. The molecule has 0 N–H and O–H groups in total. The summed E-state index contributed by atoms with van der Waals surface area (Å²) in [5, 5.41) is 0. The van der Waals surface area contributed by atoms with E-state index in [-0.39, 0.29) is 18.3 Å². The topological polar surface area (TPSA) is 55.3 Å². The molecule has 1 fully saturated rings. The maximum atomic E-state index is 12.3. The minimum Gasteiger partial charge on any atom is -0.466 e. The fourth-order valence-corrected chi connectivity index (χ4v) is 2.89. The van der Waals surface area contributed by atoms with Gasteiger partial charge in [0.05, 0.1) is 30.1 Å². The van der Waals surface area contributed by atoms with Crippen molar-refractivity contribution in [2.45, 2.75) is 66.2 Å². The number of ether oxygens (including phenoxy) is 1. The standard InChI is InChI=1S/C17H25F2N3O2.C2H6/c1-3-24-17(23)13-7-9-22(10-8-13)16-11-20-12(2)14(21-16)5-4-6-15(18)19;1-2/h11,13,15H,3-10H2,1-2H3;1-2H3. The average Bonchev–Trinajstić information content (AvgIpc) is 2.65. The normalized spacial score (nSPS) is 14.8. The summed E-state index contributed by atoms with van der Waals surface area (Å²) in [6.07, 6.45) is 1.71. The molecule has 0 saturated carbocycles. The Hall–Kier alpha value is -1.79. The molecule has 0 unspecified atom stereocenters. The molecular weight excluding hydrogens is 340 g/mol. The number of rotatable bonds is 7. The number of aromatic nitrogens is 2. The van der Waals surface area contributed by atoms with Crippen LogP contribution in [0.25, 0.3) is 0 Å². The highest BCUT2D eigenvalue weighted by Crippen LogP contribution is 2.23. The summed E-state index contributed by atoms with van der Waals surface area (Å²) >= 11 is 0. The van der Waals surface area contributed by atoms with Crippen LogP contribution in [0.5, 0.6) is 0 Å². The molecule has 0 atom stereocenters. The smallest absolute Gasteiger partial charge is 0.309 e. The summed E-state index contributed by atoms with van der Waals surface area (Å²) < 4.78 is 29.6. The third-order valence-electron chi connectivity index (χ3n) is 4.32. The molecule has 1 aliphatic heterocycles. The maximum Gasteiger partial charge on any atom is 0.309 e. The van der Waals surface area contributed by atoms with Crippen molar-refractivity contribution >= 4 is 11.8 Å². The Morgan fingerprint density at radius 3 is 2.58 bits per heavy atom. The van der Waals surface area contributed by atoms with E-state index >= 15 is 0 Å². The van der Waals surface area contributed by atoms with Crippen molar-refractivity contribution in [1.82, 2.24) is 9.97 Å². The molecule has 2 heterocycles. The Labute approximate surface area is 155 Å². The molecular formula is C19H31F2N3O2. The summed E-state index contributed by atoms with van der Waals surface area (Å²) in [7, 11) is 0. The number of hydrogen-bond acceptors (Lipinski definition) is 5. The first-order valence-corrected chi connectivity index (χ1v) is 9.53. The van der Waals surface area contributed by atoms with Crippen molar-refractivity contribution < 1.29 is 18.3 Å². The number of hydrogen-bond donors (Lipinski definition) is 0. The van der Waals surface area contributed by atoms with Gasteiger partial charge in [0.25, 0.3) is 0 Å². The van der Waals surface area contributed by atoms with Crippen molar-refractivity contribution in [3.8, 4) is 0 Å². The van der Waals surface area contributed by atoms with E-state index in [1.165, 1.54) is 0 Å². The van der Waals surface area contributed by atoms with Gasteiger partial charge in [0.15, 0.2) is 0 Å². The van der Waals surface area contributed by atoms with Crippen molar-refractivity contribution in [1.29, 1.82) is 0 Å². The molecule has 0 amide bonds. The third-order valence-corrected chi connectivity index (χ3v) is 4.32. The second kappa shape index (κ2) is 11.8. The van der Waals surface area contributed by atoms with Crippen LogP contribution in [-0.2, 0) is 16.0 Å². The highest BCUT2D eigenvalue weighted by molar-refractivity contribution is 5.72. The SMILES string of the molecule is CC.CCOC(=O)C1CCN(c2cnc(C)c(CCCC(F)F)n2)CC1. The molecule has 1 saturated heterocycles. The highest BCUT2D eigenvalue weighted by atomic mass is 19.3. The van der Waals surface area contributed by atoms with Gasteiger partial charge in [0.2, 0.25) is 6.43 Å². The van der Waals surface area contributed by atoms with Crippen molar-refractivity contribution in [3.63, 3.8) is 0 Å². The number of esters is 1. The van der Waals surface area contributed by atoms with Gasteiger partial charge in [-0.05, 0) is 39.5 Å². The van der Waals surface area contributed by atoms with E-state index in [0.717, 1.165) is 43.1 Å². The summed E-state index contributed by atoms with van der Waals surface area (Å²) in [5.41, 5.74) is 1.56. The van der Waals surface area contributed by atoms with Crippen molar-refractivity contribution in [2.24, 2.45) is 5.92 Å². The first-order chi connectivity index (χ1) is 12.5. The van der Waals surface area contributed by atoms with E-state index in [4.69, 9.17) is 4.74 Å². The van der Waals surface area contributed by atoms with Crippen molar-refractivity contribution in [3.05, 3.63) is 17.6 Å². The van der Waals surface area contributed by atoms with Crippen LogP contribution in [0.15, 0.2) is 6.20 Å². The molecule has 1 aromatic rings. The van der Waals surface area contributed by atoms with Gasteiger partial charge in [0.1, 0.15) is 5.82 Å². The van der Waals surface area contributed by atoms with Gasteiger partial charge in [-0.3, -0.25) is 9.78 Å². The predicted molar refractivity (Wildman–Crippen MR) is 98.6 cm³/mol. The number of alkyl halides is 2. The molecule has 7 heteroatoms. The fourth-order valence-electron chi connectivity index (χ4n) is 2.89. The number of carbonyl (C=O) groups excluding carboxylic acids is 1. The van der Waals surface area contributed by atoms with Gasteiger partial charge in [0, 0.05) is 19.5 Å². The summed E-state index contributed by atoms with van der Waals surface area (Å²) in [6.45, 7) is 9.51. The summed E-state index contributed by atoms with van der Waals surface area (Å²) in [6, 6.07) is 0. The molecule has 2 rings (SSSR count). The lowest BCUT2D eigenvalue weighted by atomic mass is 9.97. The van der Waals surface area contributed by atoms with Gasteiger partial charge in [-0.1, -0.05) is 13.8 Å². The molecule has 0 aromatic carbocycles. The zero-order chi connectivity index (χ0) is 19.5. The van der Waals surface area contributed by atoms with Gasteiger partial charge < -0.3 is 9.64 Å². The van der Waals surface area contributed by atoms with Gasteiger partial charge >= 0.3 is 5.97 Å². The van der Waals surface area contributed by atoms with Crippen LogP contribution in [0, 0.1) is 12.8 Å². The summed E-state index contributed by atoms with van der Waals surface area (Å²) in [5.74, 6) is 0.583. The minimum atomic E-state index is -2.27. The molecule has 0 radical (unpaired) electrons. The Balaban J connectivity index is 0.00000163. The molecule has 1 aliphatic rings. The van der Waals surface area contributed by atoms with E-state index in [1.807, 2.05) is 27.7 Å². The number of halogens is 2. The van der Waals surface area contributed by atoms with E-state index in [9.17, 15) is 13.6 Å². The van der Waals surface area contributed by atoms with Crippen molar-refractivity contribution in [2.75, 3.05) is 24.6 Å². The second-order valence-electron chi connectivity index (χ2n) is 6.06. The first kappa shape index (κ1) is 22.3. The Morgan fingerprint density at radius 2 is 2.00 bits per heavy atom. The van der Waals surface area contributed by atoms with Gasteiger partial charge in [-0.25, -0.2) is 13.8 Å². The number of anilines is 1. The number of piperidine rings is 1. The van der Waals surface area contributed by atoms with Gasteiger partial charge in [-0.15, -0.1) is 0 Å². The molecule has 1 aromatic heterocycles. The van der Waals surface area contributed by atoms with E-state index in [0.29, 0.717) is 19.4 Å². The van der Waals surface area contributed by atoms with Crippen LogP contribution in [0.1, 0.15) is 57.8 Å². The molecule has 5 nitrogen and oxygen atoms in total. The van der Waals surface area contributed by atoms with E-state index in [2.05, 4.69) is 14.9 Å². The minimum absolute atomic E-state index is 0.0508. The molecule has 0 bridgehead atoms. The number of aryl methyl sites for hydroxylation is 2. The molecule has 26 heavy (non-hydrogen) atoms. The summed E-state index contributed by atoms with van der Waals surface area (Å²) in [4.78, 5) is 22.8. The lowest BCUT2D eigenvalue weighted by Gasteiger charge is -2.31. The lowest BCUT2D eigenvalue weighted by Crippen LogP contribution is -2.37.